The summed E-state index contributed by atoms with van der Waals surface area (Å²) in [6.45, 7) is 1.81. The second-order valence-corrected chi connectivity index (χ2v) is 6.74. The number of carbonyl (C=O) groups excluding carboxylic acids is 1. The zero-order chi connectivity index (χ0) is 17.8. The molecule has 0 aliphatic rings. The zero-order valence-corrected chi connectivity index (χ0v) is 16.2. The van der Waals surface area contributed by atoms with Crippen LogP contribution in [-0.2, 0) is 0 Å². The lowest BCUT2D eigenvalue weighted by molar-refractivity contribution is 0.248. The first-order chi connectivity index (χ1) is 12.0. The van der Waals surface area contributed by atoms with E-state index in [-0.39, 0.29) is 6.03 Å². The number of benzene rings is 1. The van der Waals surface area contributed by atoms with Crippen molar-refractivity contribution < 1.29 is 4.79 Å². The van der Waals surface area contributed by atoms with Crippen molar-refractivity contribution in [2.75, 3.05) is 5.32 Å². The van der Waals surface area contributed by atoms with Crippen molar-refractivity contribution in [2.45, 2.75) is 13.0 Å². The highest BCUT2D eigenvalue weighted by atomic mass is 79.9. The van der Waals surface area contributed by atoms with E-state index in [1.807, 2.05) is 6.07 Å². The number of carbonyl (C=O) groups is 1. The monoisotopic (exact) mass is 465 g/mol. The molecule has 3 rings (SSSR count). The molecule has 3 aromatic rings. The van der Waals surface area contributed by atoms with Crippen LogP contribution in [0.4, 0.5) is 10.5 Å². The summed E-state index contributed by atoms with van der Waals surface area (Å²) in [5.74, 6) is 0.916. The minimum absolute atomic E-state index is 0.356. The van der Waals surface area contributed by atoms with Crippen molar-refractivity contribution >= 4 is 43.6 Å². The van der Waals surface area contributed by atoms with Gasteiger partial charge in [0.1, 0.15) is 6.33 Å². The topological polar surface area (TPSA) is 97.6 Å². The first-order valence-corrected chi connectivity index (χ1v) is 8.83. The summed E-state index contributed by atoms with van der Waals surface area (Å²) < 4.78 is 3.24. The Bertz CT molecular complexity index is 885. The molecular weight excluding hydrogens is 454 g/mol. The van der Waals surface area contributed by atoms with Gasteiger partial charge in [0.05, 0.1) is 6.04 Å². The maximum Gasteiger partial charge on any atom is 0.319 e. The van der Waals surface area contributed by atoms with Crippen molar-refractivity contribution in [1.82, 2.24) is 30.0 Å². The number of amides is 2. The van der Waals surface area contributed by atoms with E-state index in [1.165, 1.54) is 11.0 Å². The molecule has 8 nitrogen and oxygen atoms in total. The Labute approximate surface area is 160 Å². The van der Waals surface area contributed by atoms with Crippen molar-refractivity contribution in [3.05, 3.63) is 57.8 Å². The molecule has 1 atom stereocenters. The van der Waals surface area contributed by atoms with Crippen LogP contribution >= 0.6 is 31.9 Å². The Balaban J connectivity index is 1.70. The van der Waals surface area contributed by atoms with Gasteiger partial charge in [0.2, 0.25) is 0 Å². The van der Waals surface area contributed by atoms with E-state index in [4.69, 9.17) is 0 Å². The van der Waals surface area contributed by atoms with E-state index in [2.05, 4.69) is 62.5 Å². The van der Waals surface area contributed by atoms with Gasteiger partial charge in [-0.15, -0.1) is 0 Å². The summed E-state index contributed by atoms with van der Waals surface area (Å²) in [6.07, 6.45) is 4.63. The van der Waals surface area contributed by atoms with Crippen LogP contribution in [0.5, 0.6) is 0 Å². The van der Waals surface area contributed by atoms with E-state index in [0.717, 1.165) is 8.95 Å². The Morgan fingerprint density at radius 1 is 1.16 bits per heavy atom. The Morgan fingerprint density at radius 2 is 1.92 bits per heavy atom. The third-order valence-electron chi connectivity index (χ3n) is 3.23. The minimum Gasteiger partial charge on any atom is -0.328 e. The van der Waals surface area contributed by atoms with Crippen molar-refractivity contribution in [3.8, 4) is 5.95 Å². The van der Waals surface area contributed by atoms with Crippen molar-refractivity contribution in [2.24, 2.45) is 0 Å². The standard InChI is InChI=1S/C15H13Br2N7O/c1-9(13-20-8-21-24(13)14-18-5-2-6-19-14)22-15(25)23-10-3-4-11(16)12(17)7-10/h2-9H,1H3,(H2,22,23,25). The molecule has 2 amide bonds. The normalized spacial score (nSPS) is 11.8. The van der Waals surface area contributed by atoms with E-state index in [1.54, 1.807) is 37.5 Å². The SMILES string of the molecule is CC(NC(=O)Nc1ccc(Br)c(Br)c1)c1ncnn1-c1ncccn1. The first kappa shape index (κ1) is 17.5. The summed E-state index contributed by atoms with van der Waals surface area (Å²) >= 11 is 6.79. The number of rotatable bonds is 4. The molecular formula is C15H13Br2N7O. The fraction of sp³-hybridized carbons (Fsp3) is 0.133. The first-order valence-electron chi connectivity index (χ1n) is 7.24. The van der Waals surface area contributed by atoms with E-state index >= 15 is 0 Å². The van der Waals surface area contributed by atoms with Crippen LogP contribution in [0.15, 0.2) is 51.9 Å². The van der Waals surface area contributed by atoms with Crippen LogP contribution in [0.25, 0.3) is 5.95 Å². The molecule has 0 aliphatic carbocycles. The van der Waals surface area contributed by atoms with Gasteiger partial charge in [-0.05, 0) is 63.0 Å². The van der Waals surface area contributed by atoms with Crippen molar-refractivity contribution in [1.29, 1.82) is 0 Å². The van der Waals surface area contributed by atoms with E-state index in [9.17, 15) is 4.79 Å². The fourth-order valence-corrected chi connectivity index (χ4v) is 2.73. The molecule has 128 valence electrons. The predicted octanol–water partition coefficient (Wildman–Crippen LogP) is 3.47. The minimum atomic E-state index is -0.398. The molecule has 0 spiro atoms. The lowest BCUT2D eigenvalue weighted by atomic mass is 10.3. The molecule has 10 heteroatoms. The number of halogens is 2. The molecule has 0 aliphatic heterocycles. The van der Waals surface area contributed by atoms with Gasteiger partial charge >= 0.3 is 6.03 Å². The van der Waals surface area contributed by atoms with Gasteiger partial charge in [-0.1, -0.05) is 0 Å². The molecule has 2 heterocycles. The lowest BCUT2D eigenvalue weighted by Gasteiger charge is -2.14. The van der Waals surface area contributed by atoms with Crippen LogP contribution in [0.2, 0.25) is 0 Å². The summed E-state index contributed by atoms with van der Waals surface area (Å²) in [6, 6.07) is 6.39. The molecule has 2 N–H and O–H groups in total. The highest BCUT2D eigenvalue weighted by molar-refractivity contribution is 9.13. The molecule has 1 aromatic carbocycles. The smallest absolute Gasteiger partial charge is 0.319 e. The van der Waals surface area contributed by atoms with Crippen molar-refractivity contribution in [3.63, 3.8) is 0 Å². The van der Waals surface area contributed by atoms with Gasteiger partial charge in [-0.2, -0.15) is 9.78 Å². The van der Waals surface area contributed by atoms with Gasteiger partial charge in [0.25, 0.3) is 5.95 Å². The highest BCUT2D eigenvalue weighted by Crippen LogP contribution is 2.26. The molecule has 0 saturated carbocycles. The molecule has 2 aromatic heterocycles. The third kappa shape index (κ3) is 4.20. The maximum absolute atomic E-state index is 12.2. The van der Waals surface area contributed by atoms with Crippen LogP contribution in [0.3, 0.4) is 0 Å². The quantitative estimate of drug-likeness (QED) is 0.613. The van der Waals surface area contributed by atoms with Crippen LogP contribution < -0.4 is 10.6 Å². The van der Waals surface area contributed by atoms with Crippen LogP contribution in [0.1, 0.15) is 18.8 Å². The Morgan fingerprint density at radius 3 is 2.64 bits per heavy atom. The number of aromatic nitrogens is 5. The van der Waals surface area contributed by atoms with Gasteiger partial charge in [0.15, 0.2) is 5.82 Å². The van der Waals surface area contributed by atoms with Crippen LogP contribution in [-0.4, -0.2) is 30.8 Å². The van der Waals surface area contributed by atoms with Gasteiger partial charge in [-0.25, -0.2) is 19.7 Å². The summed E-state index contributed by atoms with van der Waals surface area (Å²) in [5.41, 5.74) is 0.660. The summed E-state index contributed by atoms with van der Waals surface area (Å²) in [5, 5.41) is 9.71. The van der Waals surface area contributed by atoms with Crippen LogP contribution in [0, 0.1) is 0 Å². The zero-order valence-electron chi connectivity index (χ0n) is 13.0. The molecule has 1 unspecified atom stereocenters. The largest absolute Gasteiger partial charge is 0.328 e. The average molecular weight is 467 g/mol. The van der Waals surface area contributed by atoms with E-state index < -0.39 is 6.04 Å². The molecule has 25 heavy (non-hydrogen) atoms. The third-order valence-corrected chi connectivity index (χ3v) is 5.11. The number of nitrogens with one attached hydrogen (secondary N) is 2. The molecule has 0 fully saturated rings. The van der Waals surface area contributed by atoms with Gasteiger partial charge in [-0.3, -0.25) is 0 Å². The van der Waals surface area contributed by atoms with E-state index in [0.29, 0.717) is 17.5 Å². The highest BCUT2D eigenvalue weighted by Gasteiger charge is 2.18. The second-order valence-electron chi connectivity index (χ2n) is 5.03. The predicted molar refractivity (Wildman–Crippen MR) is 99.4 cm³/mol. The maximum atomic E-state index is 12.2. The molecule has 0 radical (unpaired) electrons. The van der Waals surface area contributed by atoms with Gasteiger partial charge < -0.3 is 10.6 Å². The Kier molecular flexibility index (Phi) is 5.39. The molecule has 0 bridgehead atoms. The molecule has 0 saturated heterocycles. The number of nitrogens with zero attached hydrogens (tertiary/aromatic N) is 5. The van der Waals surface area contributed by atoms with Gasteiger partial charge in [0, 0.05) is 27.0 Å². The number of hydrogen-bond acceptors (Lipinski definition) is 5. The second kappa shape index (κ2) is 7.70. The summed E-state index contributed by atoms with van der Waals surface area (Å²) in [7, 11) is 0. The fourth-order valence-electron chi connectivity index (χ4n) is 2.10. The number of urea groups is 1. The number of anilines is 1. The Hall–Kier alpha value is -2.33. The lowest BCUT2D eigenvalue weighted by Crippen LogP contribution is -2.32. The number of hydrogen-bond donors (Lipinski definition) is 2. The average Bonchev–Trinajstić information content (AvgIpc) is 3.09. The summed E-state index contributed by atoms with van der Waals surface area (Å²) in [4.78, 5) is 24.7.